The van der Waals surface area contributed by atoms with Crippen molar-refractivity contribution >= 4 is 57.3 Å². The van der Waals surface area contributed by atoms with Crippen LogP contribution in [0.4, 0.5) is 10.8 Å². The first-order valence-corrected chi connectivity index (χ1v) is 13.2. The zero-order valence-electron chi connectivity index (χ0n) is 19.7. The van der Waals surface area contributed by atoms with E-state index in [4.69, 9.17) is 16.3 Å². The van der Waals surface area contributed by atoms with Crippen molar-refractivity contribution in [2.75, 3.05) is 17.7 Å². The summed E-state index contributed by atoms with van der Waals surface area (Å²) in [4.78, 5) is 30.6. The predicted molar refractivity (Wildman–Crippen MR) is 148 cm³/mol. The molecule has 0 aliphatic heterocycles. The van der Waals surface area contributed by atoms with E-state index in [-0.39, 0.29) is 23.5 Å². The number of hydrogen-bond acceptors (Lipinski definition) is 6. The third-order valence-corrected chi connectivity index (χ3v) is 7.28. The Balaban J connectivity index is 1.32. The third-order valence-electron chi connectivity index (χ3n) is 5.18. The van der Waals surface area contributed by atoms with Crippen molar-refractivity contribution in [3.05, 3.63) is 88.8 Å². The molecule has 184 valence electrons. The molecule has 1 heterocycles. The first-order chi connectivity index (χ1) is 17.4. The van der Waals surface area contributed by atoms with E-state index in [0.29, 0.717) is 15.8 Å². The fourth-order valence-electron chi connectivity index (χ4n) is 3.35. The maximum atomic E-state index is 12.8. The smallest absolute Gasteiger partial charge is 0.239 e. The second-order valence-corrected chi connectivity index (χ2v) is 10.6. The molecule has 3 aromatic carbocycles. The van der Waals surface area contributed by atoms with Gasteiger partial charge in [0.15, 0.2) is 5.13 Å². The minimum atomic E-state index is -0.366. The van der Waals surface area contributed by atoms with Crippen LogP contribution in [0.2, 0.25) is 5.02 Å². The molecule has 0 fully saturated rings. The van der Waals surface area contributed by atoms with E-state index in [1.807, 2.05) is 73.0 Å². The van der Waals surface area contributed by atoms with Crippen LogP contribution >= 0.6 is 34.7 Å². The maximum Gasteiger partial charge on any atom is 0.239 e. The first kappa shape index (κ1) is 25.8. The van der Waals surface area contributed by atoms with Gasteiger partial charge in [-0.15, -0.1) is 23.1 Å². The molecule has 0 spiro atoms. The molecule has 1 unspecified atom stereocenters. The number of hydrogen-bond donors (Lipinski definition) is 2. The Morgan fingerprint density at radius 1 is 1.06 bits per heavy atom. The van der Waals surface area contributed by atoms with Gasteiger partial charge in [0, 0.05) is 26.5 Å². The van der Waals surface area contributed by atoms with Gasteiger partial charge in [0.25, 0.3) is 0 Å². The number of thioether (sulfide) groups is 1. The Labute approximate surface area is 223 Å². The van der Waals surface area contributed by atoms with E-state index in [1.54, 1.807) is 19.2 Å². The van der Waals surface area contributed by atoms with E-state index in [2.05, 4.69) is 15.6 Å². The number of nitrogens with zero attached hydrogens (tertiary/aromatic N) is 1. The Morgan fingerprint density at radius 2 is 1.83 bits per heavy atom. The number of amides is 2. The van der Waals surface area contributed by atoms with Crippen LogP contribution in [-0.4, -0.2) is 29.2 Å². The number of carbonyl (C=O) groups is 2. The molecule has 36 heavy (non-hydrogen) atoms. The van der Waals surface area contributed by atoms with Gasteiger partial charge in [0.05, 0.1) is 24.5 Å². The molecule has 9 heteroatoms. The van der Waals surface area contributed by atoms with Gasteiger partial charge in [0.2, 0.25) is 11.8 Å². The van der Waals surface area contributed by atoms with Crippen molar-refractivity contribution in [2.24, 2.45) is 0 Å². The second kappa shape index (κ2) is 12.1. The van der Waals surface area contributed by atoms with Gasteiger partial charge in [-0.2, -0.15) is 0 Å². The molecule has 4 aromatic rings. The zero-order chi connectivity index (χ0) is 25.5. The topological polar surface area (TPSA) is 80.3 Å². The Morgan fingerprint density at radius 3 is 2.61 bits per heavy atom. The molecule has 4 rings (SSSR count). The molecule has 0 saturated carbocycles. The van der Waals surface area contributed by atoms with Crippen molar-refractivity contribution in [3.63, 3.8) is 0 Å². The molecule has 1 atom stereocenters. The third kappa shape index (κ3) is 7.10. The summed E-state index contributed by atoms with van der Waals surface area (Å²) >= 11 is 8.68. The molecule has 0 aliphatic rings. The summed E-state index contributed by atoms with van der Waals surface area (Å²) < 4.78 is 5.27. The lowest BCUT2D eigenvalue weighted by atomic mass is 10.1. The van der Waals surface area contributed by atoms with E-state index in [9.17, 15) is 9.59 Å². The van der Waals surface area contributed by atoms with Crippen LogP contribution in [0.1, 0.15) is 12.5 Å². The largest absolute Gasteiger partial charge is 0.497 e. The van der Waals surface area contributed by atoms with Crippen molar-refractivity contribution in [2.45, 2.75) is 23.5 Å². The molecule has 0 radical (unpaired) electrons. The number of nitrogens with one attached hydrogen (secondary N) is 2. The van der Waals surface area contributed by atoms with Gasteiger partial charge in [0.1, 0.15) is 5.75 Å². The molecular formula is C27H24ClN3O3S2. The van der Waals surface area contributed by atoms with Gasteiger partial charge < -0.3 is 15.4 Å². The standard InChI is InChI=1S/C27H24ClN3O3S2/c1-17(26(33)31-27-30-24(16-35-27)19-5-3-7-22(14-19)34-2)36-23-8-4-6-21(15-23)29-25(32)13-18-9-11-20(28)12-10-18/h3-12,14-17H,13H2,1-2H3,(H,29,32)(H,30,31,33). The summed E-state index contributed by atoms with van der Waals surface area (Å²) in [5.41, 5.74) is 3.25. The van der Waals surface area contributed by atoms with Crippen LogP contribution in [0.5, 0.6) is 5.75 Å². The molecule has 0 saturated heterocycles. The van der Waals surface area contributed by atoms with E-state index >= 15 is 0 Å². The zero-order valence-corrected chi connectivity index (χ0v) is 22.0. The number of aromatic nitrogens is 1. The minimum Gasteiger partial charge on any atom is -0.497 e. The normalized spacial score (nSPS) is 11.5. The number of methoxy groups -OCH3 is 1. The number of benzene rings is 3. The second-order valence-electron chi connectivity index (χ2n) is 7.90. The Bertz CT molecular complexity index is 1360. The Kier molecular flexibility index (Phi) is 8.64. The van der Waals surface area contributed by atoms with Crippen LogP contribution in [0, 0.1) is 0 Å². The van der Waals surface area contributed by atoms with Gasteiger partial charge in [-0.25, -0.2) is 4.98 Å². The molecular weight excluding hydrogens is 514 g/mol. The van der Waals surface area contributed by atoms with Gasteiger partial charge in [-0.1, -0.05) is 41.9 Å². The summed E-state index contributed by atoms with van der Waals surface area (Å²) in [6.07, 6.45) is 0.249. The van der Waals surface area contributed by atoms with Crippen LogP contribution in [0.3, 0.4) is 0 Å². The lowest BCUT2D eigenvalue weighted by molar-refractivity contribution is -0.116. The van der Waals surface area contributed by atoms with Crippen LogP contribution in [0.25, 0.3) is 11.3 Å². The number of carbonyl (C=O) groups excluding carboxylic acids is 2. The fraction of sp³-hybridized carbons (Fsp3) is 0.148. The van der Waals surface area contributed by atoms with E-state index < -0.39 is 0 Å². The Hall–Kier alpha value is -3.33. The van der Waals surface area contributed by atoms with Crippen LogP contribution in [0.15, 0.2) is 83.1 Å². The molecule has 0 aliphatic carbocycles. The van der Waals surface area contributed by atoms with Gasteiger partial charge in [-0.3, -0.25) is 9.59 Å². The SMILES string of the molecule is COc1cccc(-c2csc(NC(=O)C(C)Sc3cccc(NC(=O)Cc4ccc(Cl)cc4)c3)n2)c1. The number of ether oxygens (including phenoxy) is 1. The summed E-state index contributed by atoms with van der Waals surface area (Å²) in [5.74, 6) is 0.476. The highest BCUT2D eigenvalue weighted by atomic mass is 35.5. The summed E-state index contributed by atoms with van der Waals surface area (Å²) in [7, 11) is 1.62. The number of rotatable bonds is 9. The van der Waals surface area contributed by atoms with Crippen molar-refractivity contribution in [3.8, 4) is 17.0 Å². The van der Waals surface area contributed by atoms with E-state index in [0.717, 1.165) is 27.5 Å². The average Bonchev–Trinajstić information content (AvgIpc) is 3.34. The van der Waals surface area contributed by atoms with Crippen molar-refractivity contribution < 1.29 is 14.3 Å². The highest BCUT2D eigenvalue weighted by molar-refractivity contribution is 8.00. The molecule has 1 aromatic heterocycles. The van der Waals surface area contributed by atoms with Crippen molar-refractivity contribution in [1.82, 2.24) is 4.98 Å². The lowest BCUT2D eigenvalue weighted by Gasteiger charge is -2.12. The number of halogens is 1. The maximum absolute atomic E-state index is 12.8. The van der Waals surface area contributed by atoms with Crippen LogP contribution < -0.4 is 15.4 Å². The molecule has 2 N–H and O–H groups in total. The molecule has 0 bridgehead atoms. The summed E-state index contributed by atoms with van der Waals surface area (Å²) in [5, 5.41) is 8.51. The van der Waals surface area contributed by atoms with Crippen molar-refractivity contribution in [1.29, 1.82) is 0 Å². The average molecular weight is 538 g/mol. The van der Waals surface area contributed by atoms with Gasteiger partial charge >= 0.3 is 0 Å². The first-order valence-electron chi connectivity index (χ1n) is 11.1. The molecule has 2 amide bonds. The summed E-state index contributed by atoms with van der Waals surface area (Å²) in [6.45, 7) is 1.84. The fourth-order valence-corrected chi connectivity index (χ4v) is 5.13. The predicted octanol–water partition coefficient (Wildman–Crippen LogP) is 6.77. The molecule has 6 nitrogen and oxygen atoms in total. The number of thiazole rings is 1. The monoisotopic (exact) mass is 537 g/mol. The highest BCUT2D eigenvalue weighted by Crippen LogP contribution is 2.30. The van der Waals surface area contributed by atoms with Gasteiger partial charge in [-0.05, 0) is 55.0 Å². The highest BCUT2D eigenvalue weighted by Gasteiger charge is 2.17. The number of anilines is 2. The summed E-state index contributed by atoms with van der Waals surface area (Å²) in [6, 6.07) is 22.3. The minimum absolute atomic E-state index is 0.124. The quantitative estimate of drug-likeness (QED) is 0.230. The lowest BCUT2D eigenvalue weighted by Crippen LogP contribution is -2.22. The van der Waals surface area contributed by atoms with E-state index in [1.165, 1.54) is 23.1 Å². The van der Waals surface area contributed by atoms with Crippen LogP contribution in [-0.2, 0) is 16.0 Å².